The largest absolute Gasteiger partial charge is 0.340 e. The van der Waals surface area contributed by atoms with Crippen molar-refractivity contribution in [1.82, 2.24) is 8.87 Å². The van der Waals surface area contributed by atoms with Gasteiger partial charge in [0.25, 0.3) is 0 Å². The van der Waals surface area contributed by atoms with Crippen LogP contribution in [0.3, 0.4) is 0 Å². The average molecular weight is 513 g/mol. The van der Waals surface area contributed by atoms with Crippen molar-refractivity contribution < 1.29 is 17.2 Å². The second-order valence-corrected chi connectivity index (χ2v) is 11.0. The molecule has 0 saturated carbocycles. The van der Waals surface area contributed by atoms with E-state index >= 15 is 0 Å². The zero-order valence-corrected chi connectivity index (χ0v) is 20.6. The van der Waals surface area contributed by atoms with Gasteiger partial charge in [-0.25, -0.2) is 17.2 Å². The lowest BCUT2D eigenvalue weighted by molar-refractivity contribution is 0.441. The molecule has 3 aromatic carbocycles. The van der Waals surface area contributed by atoms with Crippen LogP contribution in [0.4, 0.5) is 8.78 Å². The van der Waals surface area contributed by atoms with Crippen molar-refractivity contribution >= 4 is 38.1 Å². The van der Waals surface area contributed by atoms with Crippen LogP contribution in [0.15, 0.2) is 77.7 Å². The fraction of sp³-hybridized carbons (Fsp3) is 0.185. The van der Waals surface area contributed by atoms with Crippen molar-refractivity contribution in [1.29, 1.82) is 0 Å². The minimum atomic E-state index is -3.80. The predicted molar refractivity (Wildman–Crippen MR) is 135 cm³/mol. The maximum absolute atomic E-state index is 13.8. The first-order valence-electron chi connectivity index (χ1n) is 11.2. The third kappa shape index (κ3) is 4.40. The van der Waals surface area contributed by atoms with Gasteiger partial charge in [-0.15, -0.1) is 0 Å². The molecule has 8 heteroatoms. The molecule has 0 amide bonds. The van der Waals surface area contributed by atoms with Gasteiger partial charge in [0.15, 0.2) is 0 Å². The Morgan fingerprint density at radius 2 is 1.80 bits per heavy atom. The summed E-state index contributed by atoms with van der Waals surface area (Å²) in [5.74, 6) is -0.924. The normalized spacial score (nSPS) is 14.9. The van der Waals surface area contributed by atoms with E-state index in [0.717, 1.165) is 45.4 Å². The number of fused-ring (bicyclic) bond motifs is 1. The Hall–Kier alpha value is -3.00. The number of rotatable bonds is 5. The Morgan fingerprint density at radius 3 is 2.51 bits per heavy atom. The molecular formula is C27H23ClF2N2O2S. The van der Waals surface area contributed by atoms with E-state index in [1.54, 1.807) is 6.07 Å². The lowest BCUT2D eigenvalue weighted by Crippen LogP contribution is -2.34. The number of hydrogen-bond donors (Lipinski definition) is 0. The van der Waals surface area contributed by atoms with Gasteiger partial charge in [-0.1, -0.05) is 48.0 Å². The summed E-state index contributed by atoms with van der Waals surface area (Å²) in [5, 5.41) is 0.857. The SMILES string of the molecule is Cc1c(C2=CCN(S(=O)(=O)c3ccc(F)c(Cl)c3)CC2)c2ccccc2n1Cc1cccc(F)c1. The van der Waals surface area contributed by atoms with E-state index < -0.39 is 15.8 Å². The standard InChI is InChI=1S/C27H23ClF2N2O2S/c1-18-27(23-7-2-3-8-26(23)32(18)17-19-5-4-6-21(29)15-19)20-11-13-31(14-12-20)35(33,34)22-9-10-25(30)24(28)16-22/h2-11,15-16H,12-14,17H2,1H3. The van der Waals surface area contributed by atoms with E-state index in [2.05, 4.69) is 10.6 Å². The Balaban J connectivity index is 1.49. The van der Waals surface area contributed by atoms with Crippen LogP contribution in [-0.4, -0.2) is 30.4 Å². The van der Waals surface area contributed by atoms with Gasteiger partial charge in [0, 0.05) is 41.8 Å². The zero-order chi connectivity index (χ0) is 24.7. The number of halogens is 3. The van der Waals surface area contributed by atoms with Gasteiger partial charge >= 0.3 is 0 Å². The molecule has 0 N–H and O–H groups in total. The van der Waals surface area contributed by atoms with Gasteiger partial charge in [-0.05, 0) is 60.9 Å². The summed E-state index contributed by atoms with van der Waals surface area (Å²) < 4.78 is 57.0. The molecule has 1 aromatic heterocycles. The first-order valence-corrected chi connectivity index (χ1v) is 13.0. The van der Waals surface area contributed by atoms with Crippen molar-refractivity contribution in [3.8, 4) is 0 Å². The molecule has 0 aliphatic carbocycles. The second-order valence-electron chi connectivity index (χ2n) is 8.61. The van der Waals surface area contributed by atoms with Crippen LogP contribution in [-0.2, 0) is 16.6 Å². The van der Waals surface area contributed by atoms with Gasteiger partial charge in [-0.3, -0.25) is 0 Å². The number of sulfonamides is 1. The number of nitrogens with zero attached hydrogens (tertiary/aromatic N) is 2. The first kappa shape index (κ1) is 23.7. The van der Waals surface area contributed by atoms with Crippen molar-refractivity contribution in [2.75, 3.05) is 13.1 Å². The molecule has 0 fully saturated rings. The molecule has 0 bridgehead atoms. The highest BCUT2D eigenvalue weighted by molar-refractivity contribution is 7.89. The molecule has 0 spiro atoms. The molecule has 4 aromatic rings. The van der Waals surface area contributed by atoms with E-state index in [9.17, 15) is 17.2 Å². The lowest BCUT2D eigenvalue weighted by Gasteiger charge is -2.26. The first-order chi connectivity index (χ1) is 16.8. The number of benzene rings is 3. The highest BCUT2D eigenvalue weighted by Crippen LogP contribution is 2.36. The molecule has 35 heavy (non-hydrogen) atoms. The number of para-hydroxylation sites is 1. The average Bonchev–Trinajstić information content (AvgIpc) is 3.12. The van der Waals surface area contributed by atoms with Crippen LogP contribution in [0.5, 0.6) is 0 Å². The van der Waals surface area contributed by atoms with Crippen LogP contribution in [0.25, 0.3) is 16.5 Å². The van der Waals surface area contributed by atoms with Crippen LogP contribution >= 0.6 is 11.6 Å². The monoisotopic (exact) mass is 512 g/mol. The summed E-state index contributed by atoms with van der Waals surface area (Å²) in [6.45, 7) is 3.07. The van der Waals surface area contributed by atoms with Crippen molar-refractivity contribution in [2.45, 2.75) is 24.8 Å². The van der Waals surface area contributed by atoms with E-state index in [1.807, 2.05) is 37.3 Å². The Labute approximate surface area is 208 Å². The van der Waals surface area contributed by atoms with Gasteiger partial charge in [-0.2, -0.15) is 4.31 Å². The minimum absolute atomic E-state index is 0.0244. The second kappa shape index (κ2) is 9.22. The van der Waals surface area contributed by atoms with Crippen LogP contribution in [0.2, 0.25) is 5.02 Å². The summed E-state index contributed by atoms with van der Waals surface area (Å²) in [6.07, 6.45) is 2.47. The van der Waals surface area contributed by atoms with E-state index in [4.69, 9.17) is 11.6 Å². The summed E-state index contributed by atoms with van der Waals surface area (Å²) in [7, 11) is -3.80. The third-order valence-electron chi connectivity index (χ3n) is 6.48. The van der Waals surface area contributed by atoms with Crippen molar-refractivity contribution in [2.24, 2.45) is 0 Å². The molecule has 0 saturated heterocycles. The highest BCUT2D eigenvalue weighted by Gasteiger charge is 2.28. The molecule has 0 unspecified atom stereocenters. The number of hydrogen-bond acceptors (Lipinski definition) is 2. The van der Waals surface area contributed by atoms with Gasteiger partial charge in [0.05, 0.1) is 9.92 Å². The maximum Gasteiger partial charge on any atom is 0.243 e. The van der Waals surface area contributed by atoms with Crippen molar-refractivity contribution in [3.05, 3.63) is 106 Å². The fourth-order valence-electron chi connectivity index (χ4n) is 4.74. The van der Waals surface area contributed by atoms with E-state index in [0.29, 0.717) is 19.5 Å². The minimum Gasteiger partial charge on any atom is -0.340 e. The fourth-order valence-corrected chi connectivity index (χ4v) is 6.39. The van der Waals surface area contributed by atoms with Gasteiger partial charge < -0.3 is 4.57 Å². The van der Waals surface area contributed by atoms with E-state index in [1.165, 1.54) is 22.5 Å². The molecule has 1 aliphatic rings. The van der Waals surface area contributed by atoms with Gasteiger partial charge in [0.2, 0.25) is 10.0 Å². The molecule has 1 aliphatic heterocycles. The predicted octanol–water partition coefficient (Wildman–Crippen LogP) is 6.41. The Bertz CT molecular complexity index is 1580. The lowest BCUT2D eigenvalue weighted by atomic mass is 9.97. The molecule has 2 heterocycles. The Kier molecular flexibility index (Phi) is 6.25. The van der Waals surface area contributed by atoms with Crippen LogP contribution in [0, 0.1) is 18.6 Å². The van der Waals surface area contributed by atoms with E-state index in [-0.39, 0.29) is 22.3 Å². The Morgan fingerprint density at radius 1 is 1.00 bits per heavy atom. The molecule has 0 radical (unpaired) electrons. The molecule has 5 rings (SSSR count). The topological polar surface area (TPSA) is 42.3 Å². The smallest absolute Gasteiger partial charge is 0.243 e. The van der Waals surface area contributed by atoms with Crippen LogP contribution in [0.1, 0.15) is 23.2 Å². The van der Waals surface area contributed by atoms with Crippen molar-refractivity contribution in [3.63, 3.8) is 0 Å². The van der Waals surface area contributed by atoms with Crippen LogP contribution < -0.4 is 0 Å². The maximum atomic E-state index is 13.8. The third-order valence-corrected chi connectivity index (χ3v) is 8.63. The molecular weight excluding hydrogens is 490 g/mol. The summed E-state index contributed by atoms with van der Waals surface area (Å²) in [5.41, 5.74) is 5.11. The zero-order valence-electron chi connectivity index (χ0n) is 19.0. The summed E-state index contributed by atoms with van der Waals surface area (Å²) >= 11 is 5.81. The molecule has 180 valence electrons. The summed E-state index contributed by atoms with van der Waals surface area (Å²) in [6, 6.07) is 18.1. The van der Waals surface area contributed by atoms with Gasteiger partial charge in [0.1, 0.15) is 11.6 Å². The quantitative estimate of drug-likeness (QED) is 0.310. The highest BCUT2D eigenvalue weighted by atomic mass is 35.5. The summed E-state index contributed by atoms with van der Waals surface area (Å²) in [4.78, 5) is -0.0244. The molecule has 0 atom stereocenters. The molecule has 4 nitrogen and oxygen atoms in total. The number of aromatic nitrogens is 1.